The van der Waals surface area contributed by atoms with Crippen LogP contribution in [-0.4, -0.2) is 9.13 Å². The van der Waals surface area contributed by atoms with Gasteiger partial charge in [-0.3, -0.25) is 0 Å². The van der Waals surface area contributed by atoms with Gasteiger partial charge in [-0.25, -0.2) is 0 Å². The summed E-state index contributed by atoms with van der Waals surface area (Å²) >= 11 is 0. The molecule has 0 aliphatic heterocycles. The highest BCUT2D eigenvalue weighted by Gasteiger charge is 2.48. The van der Waals surface area contributed by atoms with Crippen LogP contribution in [0.25, 0.3) is 88.4 Å². The van der Waals surface area contributed by atoms with Gasteiger partial charge in [0, 0.05) is 38.5 Å². The van der Waals surface area contributed by atoms with E-state index in [1.165, 1.54) is 99.2 Å². The van der Waals surface area contributed by atoms with Gasteiger partial charge in [0.25, 0.3) is 0 Å². The lowest BCUT2D eigenvalue weighted by Crippen LogP contribution is -2.29. The minimum Gasteiger partial charge on any atom is -0.309 e. The van der Waals surface area contributed by atoms with Crippen molar-refractivity contribution in [2.45, 2.75) is 5.41 Å². The summed E-state index contributed by atoms with van der Waals surface area (Å²) in [4.78, 5) is 0. The van der Waals surface area contributed by atoms with Gasteiger partial charge in [-0.15, -0.1) is 0 Å². The number of rotatable bonds is 6. The van der Waals surface area contributed by atoms with E-state index in [1.54, 1.807) is 0 Å². The number of nitrogens with zero attached hydrogens (tertiary/aromatic N) is 2. The molecule has 0 saturated heterocycles. The number of hydrogen-bond donors (Lipinski definition) is 0. The van der Waals surface area contributed by atoms with Crippen LogP contribution in [0, 0.1) is 0 Å². The molecular weight excluding hydrogens is 761 g/mol. The zero-order chi connectivity index (χ0) is 41.5. The monoisotopic (exact) mass is 800 g/mol. The lowest BCUT2D eigenvalue weighted by atomic mass is 9.67. The number of hydrogen-bond acceptors (Lipinski definition) is 0. The molecule has 1 aliphatic carbocycles. The molecule has 294 valence electrons. The van der Waals surface area contributed by atoms with Gasteiger partial charge in [0.2, 0.25) is 0 Å². The summed E-state index contributed by atoms with van der Waals surface area (Å²) < 4.78 is 4.95. The Balaban J connectivity index is 1.06. The van der Waals surface area contributed by atoms with Gasteiger partial charge in [-0.05, 0) is 105 Å². The van der Waals surface area contributed by atoms with Crippen LogP contribution in [0.1, 0.15) is 22.3 Å². The topological polar surface area (TPSA) is 9.86 Å². The van der Waals surface area contributed by atoms with Crippen LogP contribution in [-0.2, 0) is 5.41 Å². The maximum Gasteiger partial charge on any atom is 0.0734 e. The SMILES string of the molecule is c1ccc(-c2cccc(-n3c4ccccc4c4cc(-c5ccc6c(c5)c5ccc7c(c5n6-c5ccccc5)C(c5ccccc5)(c5ccccc5)c5ccccc5-7)ccc43)c2)cc1. The fourth-order valence-corrected chi connectivity index (χ4v) is 10.9. The van der Waals surface area contributed by atoms with Crippen LogP contribution in [0.5, 0.6) is 0 Å². The Hall–Kier alpha value is -8.20. The van der Waals surface area contributed by atoms with Crippen molar-refractivity contribution < 1.29 is 0 Å². The molecule has 2 heterocycles. The van der Waals surface area contributed by atoms with Gasteiger partial charge in [-0.1, -0.05) is 188 Å². The standard InChI is InChI=1S/C61H40N2/c1-5-18-41(19-6-1)42-20-17-27-48(38-42)62-56-31-16-14-29-50(56)53-39-43(32-36-57(53)62)44-33-37-58-54(40-44)52-35-34-51-49-28-13-15-30-55(49)61(45-21-7-2-8-22-45,46-23-9-3-10-24-46)59(51)60(52)63(58)47-25-11-4-12-26-47/h1-40H. The van der Waals surface area contributed by atoms with E-state index >= 15 is 0 Å². The molecule has 13 rings (SSSR count). The first-order valence-electron chi connectivity index (χ1n) is 21.8. The van der Waals surface area contributed by atoms with Crippen molar-refractivity contribution in [2.24, 2.45) is 0 Å². The van der Waals surface area contributed by atoms with Crippen molar-refractivity contribution >= 4 is 43.6 Å². The van der Waals surface area contributed by atoms with E-state index in [0.717, 1.165) is 11.4 Å². The van der Waals surface area contributed by atoms with Crippen LogP contribution < -0.4 is 0 Å². The zero-order valence-corrected chi connectivity index (χ0v) is 34.5. The van der Waals surface area contributed by atoms with E-state index in [-0.39, 0.29) is 0 Å². The summed E-state index contributed by atoms with van der Waals surface area (Å²) in [5.74, 6) is 0. The molecule has 0 atom stereocenters. The average Bonchev–Trinajstić information content (AvgIpc) is 3.99. The first kappa shape index (κ1) is 35.5. The third-order valence-electron chi connectivity index (χ3n) is 13.6. The smallest absolute Gasteiger partial charge is 0.0734 e. The highest BCUT2D eigenvalue weighted by molar-refractivity contribution is 6.15. The minimum atomic E-state index is -0.544. The zero-order valence-electron chi connectivity index (χ0n) is 34.5. The normalized spacial score (nSPS) is 12.9. The van der Waals surface area contributed by atoms with Gasteiger partial charge < -0.3 is 9.13 Å². The summed E-state index contributed by atoms with van der Waals surface area (Å²) in [5.41, 5.74) is 19.1. The van der Waals surface area contributed by atoms with Crippen molar-refractivity contribution in [3.05, 3.63) is 265 Å². The summed E-state index contributed by atoms with van der Waals surface area (Å²) in [6.07, 6.45) is 0. The lowest BCUT2D eigenvalue weighted by molar-refractivity contribution is 0.772. The van der Waals surface area contributed by atoms with Crippen LogP contribution >= 0.6 is 0 Å². The molecule has 63 heavy (non-hydrogen) atoms. The Morgan fingerprint density at radius 3 is 1.52 bits per heavy atom. The number of para-hydroxylation sites is 2. The maximum atomic E-state index is 2.53. The molecule has 0 amide bonds. The molecule has 0 saturated carbocycles. The van der Waals surface area contributed by atoms with Crippen LogP contribution in [0.3, 0.4) is 0 Å². The molecule has 0 radical (unpaired) electrons. The lowest BCUT2D eigenvalue weighted by Gasteiger charge is -2.34. The van der Waals surface area contributed by atoms with E-state index in [4.69, 9.17) is 0 Å². The molecule has 2 heteroatoms. The van der Waals surface area contributed by atoms with E-state index in [0.29, 0.717) is 0 Å². The third-order valence-corrected chi connectivity index (χ3v) is 13.6. The first-order valence-corrected chi connectivity index (χ1v) is 21.8. The van der Waals surface area contributed by atoms with Crippen molar-refractivity contribution in [3.8, 4) is 44.8 Å². The molecule has 2 nitrogen and oxygen atoms in total. The Bertz CT molecular complexity index is 3670. The van der Waals surface area contributed by atoms with E-state index in [1.807, 2.05) is 0 Å². The fourth-order valence-electron chi connectivity index (χ4n) is 10.9. The fraction of sp³-hybridized carbons (Fsp3) is 0.0164. The average molecular weight is 801 g/mol. The summed E-state index contributed by atoms with van der Waals surface area (Å²) in [7, 11) is 0. The Morgan fingerprint density at radius 1 is 0.286 bits per heavy atom. The summed E-state index contributed by atoms with van der Waals surface area (Å²) in [6.45, 7) is 0. The Kier molecular flexibility index (Phi) is 7.85. The van der Waals surface area contributed by atoms with E-state index in [2.05, 4.69) is 252 Å². The minimum absolute atomic E-state index is 0.544. The molecule has 0 bridgehead atoms. The molecule has 1 aliphatic rings. The Labute approximate surface area is 366 Å². The Morgan fingerprint density at radius 2 is 0.810 bits per heavy atom. The van der Waals surface area contributed by atoms with Crippen molar-refractivity contribution in [3.63, 3.8) is 0 Å². The largest absolute Gasteiger partial charge is 0.309 e. The molecule has 0 N–H and O–H groups in total. The van der Waals surface area contributed by atoms with Gasteiger partial charge >= 0.3 is 0 Å². The van der Waals surface area contributed by atoms with Gasteiger partial charge in [-0.2, -0.15) is 0 Å². The quantitative estimate of drug-likeness (QED) is 0.159. The molecular formula is C61H40N2. The molecule has 12 aromatic rings. The molecule has 2 aromatic heterocycles. The highest BCUT2D eigenvalue weighted by Crippen LogP contribution is 2.59. The number of aromatic nitrogens is 2. The van der Waals surface area contributed by atoms with Crippen LogP contribution in [0.4, 0.5) is 0 Å². The van der Waals surface area contributed by atoms with Gasteiger partial charge in [0.05, 0.1) is 27.5 Å². The third kappa shape index (κ3) is 5.19. The number of fused-ring (bicyclic) bond motifs is 10. The van der Waals surface area contributed by atoms with Gasteiger partial charge in [0.15, 0.2) is 0 Å². The van der Waals surface area contributed by atoms with Gasteiger partial charge in [0.1, 0.15) is 0 Å². The highest BCUT2D eigenvalue weighted by atomic mass is 15.0. The van der Waals surface area contributed by atoms with Crippen molar-refractivity contribution in [2.75, 3.05) is 0 Å². The maximum absolute atomic E-state index is 2.53. The predicted molar refractivity (Wildman–Crippen MR) is 263 cm³/mol. The van der Waals surface area contributed by atoms with Crippen molar-refractivity contribution in [1.82, 2.24) is 9.13 Å². The van der Waals surface area contributed by atoms with Crippen LogP contribution in [0.2, 0.25) is 0 Å². The van der Waals surface area contributed by atoms with Crippen LogP contribution in [0.15, 0.2) is 243 Å². The number of benzene rings is 10. The van der Waals surface area contributed by atoms with E-state index < -0.39 is 5.41 Å². The predicted octanol–water partition coefficient (Wildman–Crippen LogP) is 15.6. The first-order chi connectivity index (χ1) is 31.3. The van der Waals surface area contributed by atoms with E-state index in [9.17, 15) is 0 Å². The molecule has 0 fully saturated rings. The second-order valence-electron chi connectivity index (χ2n) is 16.8. The summed E-state index contributed by atoms with van der Waals surface area (Å²) in [5, 5.41) is 4.97. The molecule has 10 aromatic carbocycles. The molecule has 0 spiro atoms. The second-order valence-corrected chi connectivity index (χ2v) is 16.8. The summed E-state index contributed by atoms with van der Waals surface area (Å²) in [6, 6.07) is 89.5. The molecule has 0 unspecified atom stereocenters. The van der Waals surface area contributed by atoms with Crippen molar-refractivity contribution in [1.29, 1.82) is 0 Å². The second kappa shape index (κ2) is 13.9.